The first-order valence-corrected chi connectivity index (χ1v) is 13.0. The van der Waals surface area contributed by atoms with Gasteiger partial charge in [-0.1, -0.05) is 55.8 Å². The molecule has 0 heterocycles. The third-order valence-corrected chi connectivity index (χ3v) is 6.20. The summed E-state index contributed by atoms with van der Waals surface area (Å²) in [5.74, 6) is 0.113. The maximum absolute atomic E-state index is 11.7. The molecule has 8 nitrogen and oxygen atoms in total. The highest BCUT2D eigenvalue weighted by atomic mass is 32.2. The number of rotatable bonds is 8. The number of amidine groups is 1. The topological polar surface area (TPSA) is 145 Å². The van der Waals surface area contributed by atoms with Crippen LogP contribution in [0.5, 0.6) is 0 Å². The van der Waals surface area contributed by atoms with Crippen molar-refractivity contribution in [2.75, 3.05) is 16.9 Å². The molecule has 0 radical (unpaired) electrons. The Morgan fingerprint density at radius 2 is 1.69 bits per heavy atom. The zero-order chi connectivity index (χ0) is 26.0. The molecule has 6 N–H and O–H groups in total. The molecule has 0 spiro atoms. The number of benzene rings is 3. The molecular weight excluding hydrogens is 464 g/mol. The van der Waals surface area contributed by atoms with E-state index in [1.165, 1.54) is 6.42 Å². The molecule has 0 aliphatic carbocycles. The van der Waals surface area contributed by atoms with Gasteiger partial charge in [-0.15, -0.1) is 0 Å². The Labute approximate surface area is 206 Å². The Kier molecular flexibility index (Phi) is 9.84. The molecule has 0 aliphatic heterocycles. The highest BCUT2D eigenvalue weighted by molar-refractivity contribution is 7.90. The van der Waals surface area contributed by atoms with Crippen molar-refractivity contribution in [1.29, 1.82) is 5.41 Å². The quantitative estimate of drug-likeness (QED) is 0.208. The third-order valence-electron chi connectivity index (χ3n) is 5.04. The van der Waals surface area contributed by atoms with Crippen molar-refractivity contribution in [3.8, 4) is 11.1 Å². The second kappa shape index (κ2) is 12.6. The summed E-state index contributed by atoms with van der Waals surface area (Å²) in [5.41, 5.74) is 8.96. The van der Waals surface area contributed by atoms with Gasteiger partial charge in [-0.2, -0.15) is 0 Å². The summed E-state index contributed by atoms with van der Waals surface area (Å²) >= 11 is 0. The molecule has 1 atom stereocenters. The lowest BCUT2D eigenvalue weighted by molar-refractivity contribution is 0.209. The van der Waals surface area contributed by atoms with Crippen LogP contribution in [-0.4, -0.2) is 37.8 Å². The van der Waals surface area contributed by atoms with E-state index in [4.69, 9.17) is 16.2 Å². The lowest BCUT2D eigenvalue weighted by Crippen LogP contribution is -2.16. The molecule has 9 heteroatoms. The second-order valence-corrected chi connectivity index (χ2v) is 10.1. The second-order valence-electron chi connectivity index (χ2n) is 8.10. The molecule has 0 aromatic heterocycles. The number of sulfone groups is 1. The van der Waals surface area contributed by atoms with Crippen LogP contribution in [0.3, 0.4) is 0 Å². The number of hydrogen-bond donors (Lipinski definition) is 5. The highest BCUT2D eigenvalue weighted by Crippen LogP contribution is 2.28. The van der Waals surface area contributed by atoms with Crippen molar-refractivity contribution in [3.63, 3.8) is 0 Å². The van der Waals surface area contributed by atoms with Crippen molar-refractivity contribution >= 4 is 33.1 Å². The predicted octanol–water partition coefficient (Wildman–Crippen LogP) is 5.42. The minimum Gasteiger partial charge on any atom is -0.465 e. The van der Waals surface area contributed by atoms with Crippen molar-refractivity contribution < 1.29 is 18.3 Å². The van der Waals surface area contributed by atoms with Gasteiger partial charge in [0.2, 0.25) is 0 Å². The number of nitrogens with two attached hydrogens (primary N) is 1. The predicted molar refractivity (Wildman–Crippen MR) is 142 cm³/mol. The van der Waals surface area contributed by atoms with Gasteiger partial charge in [0, 0.05) is 34.8 Å². The number of nitrogens with one attached hydrogen (secondary N) is 3. The average Bonchev–Trinajstić information content (AvgIpc) is 2.79. The maximum atomic E-state index is 11.7. The zero-order valence-corrected chi connectivity index (χ0v) is 20.9. The minimum absolute atomic E-state index is 0.113. The fraction of sp³-hybridized carbons (Fsp3) is 0.231. The zero-order valence-electron chi connectivity index (χ0n) is 20.1. The van der Waals surface area contributed by atoms with Crippen LogP contribution >= 0.6 is 0 Å². The summed E-state index contributed by atoms with van der Waals surface area (Å²) in [4.78, 5) is 10.8. The van der Waals surface area contributed by atoms with Crippen molar-refractivity contribution in [2.45, 2.75) is 37.6 Å². The van der Waals surface area contributed by atoms with Gasteiger partial charge in [0.1, 0.15) is 5.84 Å². The molecule has 3 rings (SSSR count). The van der Waals surface area contributed by atoms with Crippen LogP contribution in [0.25, 0.3) is 11.1 Å². The third kappa shape index (κ3) is 8.78. The number of hydrogen-bond acceptors (Lipinski definition) is 5. The lowest BCUT2D eigenvalue weighted by atomic mass is 10.1. The van der Waals surface area contributed by atoms with Gasteiger partial charge in [-0.05, 0) is 49.2 Å². The molecule has 3 aromatic carbocycles. The van der Waals surface area contributed by atoms with E-state index in [9.17, 15) is 13.2 Å². The lowest BCUT2D eigenvalue weighted by Gasteiger charge is -2.14. The smallest absolute Gasteiger partial charge is 0.409 e. The first kappa shape index (κ1) is 27.4. The van der Waals surface area contributed by atoms with E-state index >= 15 is 0 Å². The summed E-state index contributed by atoms with van der Waals surface area (Å²) in [6.45, 7) is 4.33. The average molecular weight is 497 g/mol. The summed E-state index contributed by atoms with van der Waals surface area (Å²) in [5, 5.41) is 21.6. The molecule has 0 saturated heterocycles. The molecule has 186 valence electrons. The van der Waals surface area contributed by atoms with Crippen LogP contribution in [0.4, 0.5) is 16.2 Å². The highest BCUT2D eigenvalue weighted by Gasteiger charge is 2.13. The minimum atomic E-state index is -3.32. The van der Waals surface area contributed by atoms with Gasteiger partial charge in [-0.3, -0.25) is 10.7 Å². The Bertz CT molecular complexity index is 1260. The normalized spacial score (nSPS) is 11.5. The largest absolute Gasteiger partial charge is 0.465 e. The molecule has 35 heavy (non-hydrogen) atoms. The molecule has 0 unspecified atom stereocenters. The first-order valence-electron chi connectivity index (χ1n) is 11.1. The van der Waals surface area contributed by atoms with Crippen LogP contribution in [0.1, 0.15) is 32.3 Å². The van der Waals surface area contributed by atoms with Gasteiger partial charge in [-0.25, -0.2) is 13.2 Å². The summed E-state index contributed by atoms with van der Waals surface area (Å²) in [7, 11) is -3.32. The Morgan fingerprint density at radius 1 is 1.03 bits per heavy atom. The number of nitrogen functional groups attached to an aromatic ring is 1. The molecule has 0 saturated carbocycles. The summed E-state index contributed by atoms with van der Waals surface area (Å²) in [6, 6.07) is 21.3. The van der Waals surface area contributed by atoms with Gasteiger partial charge in [0.15, 0.2) is 9.84 Å². The standard InChI is InChI=1S/C14H13NO4S.C12H19N3/c1-20(18,19)13-5-3-2-4-12(13)10-6-8-11(9-7-10)15-14(16)17;1-3-5-9(2)15-11-7-4-6-10(8-11)12(13)14/h2-9,15H,1H3,(H,16,17);4,6-9,15H,3,5H2,1-2H3,(H3,13,14)/t;9-/m.0/s1. The Hall–Kier alpha value is -3.85. The van der Waals surface area contributed by atoms with Crippen molar-refractivity contribution in [1.82, 2.24) is 0 Å². The molecule has 3 aromatic rings. The van der Waals surface area contributed by atoms with Gasteiger partial charge >= 0.3 is 6.09 Å². The van der Waals surface area contributed by atoms with E-state index in [-0.39, 0.29) is 10.7 Å². The van der Waals surface area contributed by atoms with Crippen LogP contribution in [-0.2, 0) is 9.84 Å². The fourth-order valence-electron chi connectivity index (χ4n) is 3.45. The van der Waals surface area contributed by atoms with Gasteiger partial charge in [0.05, 0.1) is 4.90 Å². The molecule has 0 bridgehead atoms. The first-order chi connectivity index (χ1) is 16.5. The molecule has 1 amide bonds. The van der Waals surface area contributed by atoms with Crippen molar-refractivity contribution in [3.05, 3.63) is 78.4 Å². The number of carbonyl (C=O) groups is 1. The summed E-state index contributed by atoms with van der Waals surface area (Å²) < 4.78 is 23.5. The SMILES string of the molecule is CCC[C@H](C)Nc1cccc(C(=N)N)c1.CS(=O)(=O)c1ccccc1-c1ccc(NC(=O)O)cc1. The number of amides is 1. The van der Waals surface area contributed by atoms with Gasteiger partial charge < -0.3 is 16.2 Å². The van der Waals surface area contributed by atoms with Crippen LogP contribution < -0.4 is 16.4 Å². The van der Waals surface area contributed by atoms with Crippen molar-refractivity contribution in [2.24, 2.45) is 5.73 Å². The van der Waals surface area contributed by atoms with Crippen LogP contribution in [0.2, 0.25) is 0 Å². The van der Waals surface area contributed by atoms with Crippen LogP contribution in [0, 0.1) is 5.41 Å². The number of carboxylic acid groups (broad SMARTS) is 1. The van der Waals surface area contributed by atoms with E-state index in [0.717, 1.165) is 23.9 Å². The maximum Gasteiger partial charge on any atom is 0.409 e. The summed E-state index contributed by atoms with van der Waals surface area (Å²) in [6.07, 6.45) is 2.33. The van der Waals surface area contributed by atoms with E-state index in [2.05, 4.69) is 24.5 Å². The van der Waals surface area contributed by atoms with E-state index in [0.29, 0.717) is 22.9 Å². The number of anilines is 2. The Balaban J connectivity index is 0.000000258. The molecule has 0 aliphatic rings. The van der Waals surface area contributed by atoms with Crippen LogP contribution in [0.15, 0.2) is 77.7 Å². The molecular formula is C26H32N4O4S. The monoisotopic (exact) mass is 496 g/mol. The Morgan fingerprint density at radius 3 is 2.26 bits per heavy atom. The fourth-order valence-corrected chi connectivity index (χ4v) is 4.36. The van der Waals surface area contributed by atoms with Gasteiger partial charge in [0.25, 0.3) is 0 Å². The molecule has 0 fully saturated rings. The van der Waals surface area contributed by atoms with E-state index < -0.39 is 15.9 Å². The van der Waals surface area contributed by atoms with E-state index in [1.54, 1.807) is 48.5 Å². The van der Waals surface area contributed by atoms with E-state index in [1.807, 2.05) is 24.3 Å².